The molecule has 4 nitrogen and oxygen atoms in total. The molecule has 16 heavy (non-hydrogen) atoms. The fraction of sp³-hybridized carbons (Fsp3) is 0.917. The fourth-order valence-corrected chi connectivity index (χ4v) is 2.20. The maximum atomic E-state index is 11.5. The van der Waals surface area contributed by atoms with Gasteiger partial charge in [-0.2, -0.15) is 0 Å². The van der Waals surface area contributed by atoms with Crippen LogP contribution in [-0.4, -0.2) is 47.7 Å². The summed E-state index contributed by atoms with van der Waals surface area (Å²) in [6.07, 6.45) is 3.02. The highest BCUT2D eigenvalue weighted by atomic mass is 16.3. The molecule has 0 bridgehead atoms. The summed E-state index contributed by atoms with van der Waals surface area (Å²) in [4.78, 5) is 13.9. The van der Waals surface area contributed by atoms with E-state index in [1.807, 2.05) is 0 Å². The smallest absolute Gasteiger partial charge is 0.220 e. The predicted octanol–water partition coefficient (Wildman–Crippen LogP) is 0.748. The molecule has 94 valence electrons. The lowest BCUT2D eigenvalue weighted by Gasteiger charge is -2.22. The van der Waals surface area contributed by atoms with Crippen LogP contribution in [0.3, 0.4) is 0 Å². The number of hydrogen-bond donors (Lipinski definition) is 2. The Labute approximate surface area is 98.0 Å². The third kappa shape index (κ3) is 4.49. The maximum absolute atomic E-state index is 11.5. The van der Waals surface area contributed by atoms with Gasteiger partial charge in [0.05, 0.1) is 6.10 Å². The Morgan fingerprint density at radius 2 is 2.38 bits per heavy atom. The van der Waals surface area contributed by atoms with Gasteiger partial charge >= 0.3 is 0 Å². The van der Waals surface area contributed by atoms with E-state index >= 15 is 0 Å². The molecule has 1 amide bonds. The molecule has 0 aromatic heterocycles. The van der Waals surface area contributed by atoms with E-state index in [2.05, 4.69) is 17.1 Å². The van der Waals surface area contributed by atoms with Gasteiger partial charge in [0.2, 0.25) is 5.91 Å². The quantitative estimate of drug-likeness (QED) is 0.705. The molecule has 2 unspecified atom stereocenters. The summed E-state index contributed by atoms with van der Waals surface area (Å²) in [5, 5.41) is 12.0. The van der Waals surface area contributed by atoms with Crippen LogP contribution in [0.15, 0.2) is 0 Å². The van der Waals surface area contributed by atoms with Gasteiger partial charge in [0.15, 0.2) is 0 Å². The van der Waals surface area contributed by atoms with Crippen molar-refractivity contribution in [1.29, 1.82) is 0 Å². The molecule has 4 heteroatoms. The van der Waals surface area contributed by atoms with Crippen molar-refractivity contribution in [3.63, 3.8) is 0 Å². The van der Waals surface area contributed by atoms with Gasteiger partial charge in [0, 0.05) is 19.0 Å². The molecular formula is C12H24N2O2. The number of nitrogens with one attached hydrogen (secondary N) is 1. The molecule has 0 aromatic rings. The van der Waals surface area contributed by atoms with Gasteiger partial charge in [-0.15, -0.1) is 0 Å². The number of likely N-dealkylation sites (N-methyl/N-ethyl adjacent to an activating group) is 1. The van der Waals surface area contributed by atoms with Crippen molar-refractivity contribution in [3.8, 4) is 0 Å². The Morgan fingerprint density at radius 3 is 3.00 bits per heavy atom. The van der Waals surface area contributed by atoms with Crippen LogP contribution in [0.4, 0.5) is 0 Å². The number of carbonyl (C=O) groups is 1. The summed E-state index contributed by atoms with van der Waals surface area (Å²) in [6, 6.07) is 0.514. The maximum Gasteiger partial charge on any atom is 0.220 e. The van der Waals surface area contributed by atoms with E-state index in [-0.39, 0.29) is 12.0 Å². The van der Waals surface area contributed by atoms with Crippen LogP contribution in [-0.2, 0) is 4.79 Å². The average Bonchev–Trinajstić information content (AvgIpc) is 2.70. The second-order valence-corrected chi connectivity index (χ2v) is 4.62. The number of aliphatic hydroxyl groups excluding tert-OH is 1. The summed E-state index contributed by atoms with van der Waals surface area (Å²) in [7, 11) is 0. The van der Waals surface area contributed by atoms with Gasteiger partial charge in [-0.05, 0) is 39.3 Å². The minimum absolute atomic E-state index is 0.0591. The molecule has 1 rings (SSSR count). The second kappa shape index (κ2) is 6.86. The minimum atomic E-state index is -0.385. The molecule has 0 aromatic carbocycles. The molecule has 1 saturated heterocycles. The van der Waals surface area contributed by atoms with Crippen LogP contribution < -0.4 is 5.32 Å². The first-order valence-corrected chi connectivity index (χ1v) is 6.32. The lowest BCUT2D eigenvalue weighted by atomic mass is 10.2. The van der Waals surface area contributed by atoms with Crippen molar-refractivity contribution in [2.24, 2.45) is 0 Å². The summed E-state index contributed by atoms with van der Waals surface area (Å²) >= 11 is 0. The molecule has 0 spiro atoms. The summed E-state index contributed by atoms with van der Waals surface area (Å²) < 4.78 is 0. The third-order valence-electron chi connectivity index (χ3n) is 3.23. The van der Waals surface area contributed by atoms with E-state index in [4.69, 9.17) is 5.11 Å². The number of aliphatic hydroxyl groups is 1. The predicted molar refractivity (Wildman–Crippen MR) is 64.2 cm³/mol. The first-order chi connectivity index (χ1) is 7.63. The lowest BCUT2D eigenvalue weighted by Crippen LogP contribution is -2.40. The van der Waals surface area contributed by atoms with Gasteiger partial charge in [0.25, 0.3) is 0 Å². The highest BCUT2D eigenvalue weighted by molar-refractivity contribution is 5.75. The first-order valence-electron chi connectivity index (χ1n) is 6.32. The van der Waals surface area contributed by atoms with E-state index in [1.165, 1.54) is 12.8 Å². The van der Waals surface area contributed by atoms with E-state index < -0.39 is 0 Å². The van der Waals surface area contributed by atoms with Crippen LogP contribution in [0.2, 0.25) is 0 Å². The highest BCUT2D eigenvalue weighted by Gasteiger charge is 2.22. The van der Waals surface area contributed by atoms with Crippen LogP contribution in [0, 0.1) is 0 Å². The Morgan fingerprint density at radius 1 is 1.62 bits per heavy atom. The number of amides is 1. The Balaban J connectivity index is 2.16. The van der Waals surface area contributed by atoms with Crippen molar-refractivity contribution in [2.75, 3.05) is 19.6 Å². The van der Waals surface area contributed by atoms with Crippen molar-refractivity contribution in [2.45, 2.75) is 51.7 Å². The Hall–Kier alpha value is -0.610. The number of nitrogens with zero attached hydrogens (tertiary/aromatic N) is 1. The molecule has 2 N–H and O–H groups in total. The van der Waals surface area contributed by atoms with Gasteiger partial charge in [0.1, 0.15) is 0 Å². The number of rotatable bonds is 6. The van der Waals surface area contributed by atoms with Gasteiger partial charge in [-0.1, -0.05) is 6.92 Å². The van der Waals surface area contributed by atoms with Crippen molar-refractivity contribution < 1.29 is 9.90 Å². The molecule has 0 aliphatic carbocycles. The van der Waals surface area contributed by atoms with Crippen molar-refractivity contribution in [1.82, 2.24) is 10.2 Å². The van der Waals surface area contributed by atoms with E-state index in [0.717, 1.165) is 19.6 Å². The summed E-state index contributed by atoms with van der Waals surface area (Å²) in [5.74, 6) is 0.0591. The molecular weight excluding hydrogens is 204 g/mol. The number of hydrogen-bond acceptors (Lipinski definition) is 3. The van der Waals surface area contributed by atoms with Crippen LogP contribution in [0.5, 0.6) is 0 Å². The number of carbonyl (C=O) groups excluding carboxylic acids is 1. The van der Waals surface area contributed by atoms with E-state index in [0.29, 0.717) is 18.9 Å². The highest BCUT2D eigenvalue weighted by Crippen LogP contribution is 2.15. The molecule has 1 fully saturated rings. The second-order valence-electron chi connectivity index (χ2n) is 4.62. The molecule has 1 heterocycles. The molecule has 0 radical (unpaired) electrons. The first kappa shape index (κ1) is 13.5. The SMILES string of the molecule is CCN1CCCC1CNC(=O)CCC(C)O. The van der Waals surface area contributed by atoms with Crippen LogP contribution in [0.25, 0.3) is 0 Å². The normalized spacial score (nSPS) is 23.3. The molecule has 1 aliphatic rings. The van der Waals surface area contributed by atoms with E-state index in [9.17, 15) is 4.79 Å². The van der Waals surface area contributed by atoms with Gasteiger partial charge < -0.3 is 10.4 Å². The summed E-state index contributed by atoms with van der Waals surface area (Å²) in [5.41, 5.74) is 0. The van der Waals surface area contributed by atoms with E-state index in [1.54, 1.807) is 6.92 Å². The zero-order chi connectivity index (χ0) is 12.0. The molecule has 0 saturated carbocycles. The average molecular weight is 228 g/mol. The zero-order valence-electron chi connectivity index (χ0n) is 10.4. The largest absolute Gasteiger partial charge is 0.393 e. The molecule has 1 aliphatic heterocycles. The van der Waals surface area contributed by atoms with Crippen molar-refractivity contribution >= 4 is 5.91 Å². The number of likely N-dealkylation sites (tertiary alicyclic amines) is 1. The van der Waals surface area contributed by atoms with Crippen molar-refractivity contribution in [3.05, 3.63) is 0 Å². The minimum Gasteiger partial charge on any atom is -0.393 e. The van der Waals surface area contributed by atoms with Crippen LogP contribution in [0.1, 0.15) is 39.5 Å². The third-order valence-corrected chi connectivity index (χ3v) is 3.23. The standard InChI is InChI=1S/C12H24N2O2/c1-3-14-8-4-5-11(14)9-13-12(16)7-6-10(2)15/h10-11,15H,3-9H2,1-2H3,(H,13,16). The van der Waals surface area contributed by atoms with Gasteiger partial charge in [-0.25, -0.2) is 0 Å². The topological polar surface area (TPSA) is 52.6 Å². The zero-order valence-corrected chi connectivity index (χ0v) is 10.4. The van der Waals surface area contributed by atoms with Crippen LogP contribution >= 0.6 is 0 Å². The molecule has 2 atom stereocenters. The van der Waals surface area contributed by atoms with Gasteiger partial charge in [-0.3, -0.25) is 9.69 Å². The summed E-state index contributed by atoms with van der Waals surface area (Å²) in [6.45, 7) is 6.85. The lowest BCUT2D eigenvalue weighted by molar-refractivity contribution is -0.121. The monoisotopic (exact) mass is 228 g/mol. The Bertz CT molecular complexity index is 219. The Kier molecular flexibility index (Phi) is 5.77. The fourth-order valence-electron chi connectivity index (χ4n) is 2.20.